The van der Waals surface area contributed by atoms with Gasteiger partial charge in [-0.2, -0.15) is 0 Å². The normalized spacial score (nSPS) is 10.6. The number of hydrogen-bond donors (Lipinski definition) is 1. The molecule has 1 N–H and O–H groups in total. The molecule has 0 atom stereocenters. The Morgan fingerprint density at radius 2 is 2.35 bits per heavy atom. The van der Waals surface area contributed by atoms with Gasteiger partial charge in [0.15, 0.2) is 0 Å². The maximum absolute atomic E-state index is 10.5. The van der Waals surface area contributed by atoms with Crippen molar-refractivity contribution in [2.24, 2.45) is 0 Å². The molecular weight excluding hydrogens is 244 g/mol. The molecule has 0 saturated carbocycles. The molecule has 2 aromatic heterocycles. The van der Waals surface area contributed by atoms with E-state index in [1.165, 1.54) is 6.07 Å². The van der Waals surface area contributed by atoms with Crippen molar-refractivity contribution in [3.63, 3.8) is 0 Å². The average Bonchev–Trinajstić information content (AvgIpc) is 2.94. The summed E-state index contributed by atoms with van der Waals surface area (Å²) in [6.07, 6.45) is 0.636. The van der Waals surface area contributed by atoms with Crippen LogP contribution in [0, 0.1) is 10.1 Å². The lowest BCUT2D eigenvalue weighted by Gasteiger charge is -1.91. The summed E-state index contributed by atoms with van der Waals surface area (Å²) < 4.78 is 5.39. The highest BCUT2D eigenvalue weighted by molar-refractivity contribution is 7.18. The number of nitrogens with one attached hydrogen (secondary N) is 1. The number of aromatic nitrogens is 2. The smallest absolute Gasteiger partial charge is 0.324 e. The van der Waals surface area contributed by atoms with Crippen LogP contribution in [0.5, 0.6) is 0 Å². The summed E-state index contributed by atoms with van der Waals surface area (Å²) in [7, 11) is 1.83. The van der Waals surface area contributed by atoms with Crippen molar-refractivity contribution in [2.75, 3.05) is 13.6 Å². The minimum atomic E-state index is -0.438. The molecule has 2 aromatic rings. The fourth-order valence-electron chi connectivity index (χ4n) is 1.23. The first-order valence-electron chi connectivity index (χ1n) is 4.92. The highest BCUT2D eigenvalue weighted by atomic mass is 32.1. The summed E-state index contributed by atoms with van der Waals surface area (Å²) in [5.41, 5.74) is 0. The van der Waals surface area contributed by atoms with E-state index in [1.807, 2.05) is 7.05 Å². The number of hydrogen-bond acceptors (Lipinski definition) is 7. The van der Waals surface area contributed by atoms with Crippen LogP contribution in [0.4, 0.5) is 5.00 Å². The van der Waals surface area contributed by atoms with Gasteiger partial charge in [-0.15, -0.1) is 10.2 Å². The van der Waals surface area contributed by atoms with Crippen LogP contribution < -0.4 is 5.32 Å². The molecule has 0 aromatic carbocycles. The number of thiophene rings is 1. The Labute approximate surface area is 101 Å². The predicted molar refractivity (Wildman–Crippen MR) is 61.9 cm³/mol. The zero-order valence-electron chi connectivity index (χ0n) is 9.04. The van der Waals surface area contributed by atoms with E-state index >= 15 is 0 Å². The SMILES string of the molecule is CNCCc1nnc(-c2ccc([N+](=O)[O-])s2)o1. The van der Waals surface area contributed by atoms with Gasteiger partial charge in [-0.25, -0.2) is 0 Å². The minimum absolute atomic E-state index is 0.0648. The van der Waals surface area contributed by atoms with Crippen molar-refractivity contribution < 1.29 is 9.34 Å². The molecule has 17 heavy (non-hydrogen) atoms. The topological polar surface area (TPSA) is 94.1 Å². The van der Waals surface area contributed by atoms with Gasteiger partial charge in [0.05, 0.1) is 9.80 Å². The first kappa shape index (κ1) is 11.7. The van der Waals surface area contributed by atoms with E-state index in [1.54, 1.807) is 6.07 Å². The number of rotatable bonds is 5. The number of nitrogens with zero attached hydrogens (tertiary/aromatic N) is 3. The zero-order chi connectivity index (χ0) is 12.3. The third kappa shape index (κ3) is 2.66. The van der Waals surface area contributed by atoms with Gasteiger partial charge in [0.25, 0.3) is 5.89 Å². The molecule has 0 unspecified atom stereocenters. The molecule has 8 heteroatoms. The molecule has 2 heterocycles. The van der Waals surface area contributed by atoms with Crippen LogP contribution in [-0.2, 0) is 6.42 Å². The molecule has 0 amide bonds. The second-order valence-corrected chi connectivity index (χ2v) is 4.31. The van der Waals surface area contributed by atoms with Crippen LogP contribution in [0.25, 0.3) is 10.8 Å². The molecule has 0 saturated heterocycles. The van der Waals surface area contributed by atoms with E-state index in [9.17, 15) is 10.1 Å². The number of nitro groups is 1. The first-order chi connectivity index (χ1) is 8.20. The molecule has 7 nitrogen and oxygen atoms in total. The Morgan fingerprint density at radius 1 is 1.53 bits per heavy atom. The summed E-state index contributed by atoms with van der Waals surface area (Å²) in [6, 6.07) is 3.04. The summed E-state index contributed by atoms with van der Waals surface area (Å²) >= 11 is 1.02. The second kappa shape index (κ2) is 5.02. The van der Waals surface area contributed by atoms with Crippen molar-refractivity contribution in [3.05, 3.63) is 28.1 Å². The van der Waals surface area contributed by atoms with E-state index in [-0.39, 0.29) is 5.00 Å². The summed E-state index contributed by atoms with van der Waals surface area (Å²) in [6.45, 7) is 0.742. The van der Waals surface area contributed by atoms with Crippen molar-refractivity contribution in [3.8, 4) is 10.8 Å². The van der Waals surface area contributed by atoms with E-state index < -0.39 is 4.92 Å². The van der Waals surface area contributed by atoms with E-state index in [0.717, 1.165) is 17.9 Å². The lowest BCUT2D eigenvalue weighted by molar-refractivity contribution is -0.380. The van der Waals surface area contributed by atoms with Crippen LogP contribution in [0.15, 0.2) is 16.5 Å². The molecule has 0 aliphatic heterocycles. The van der Waals surface area contributed by atoms with Crippen molar-refractivity contribution >= 4 is 16.3 Å². The Balaban J connectivity index is 2.15. The lowest BCUT2D eigenvalue weighted by Crippen LogP contribution is -2.10. The molecule has 0 bridgehead atoms. The largest absolute Gasteiger partial charge is 0.420 e. The molecule has 0 spiro atoms. The maximum atomic E-state index is 10.5. The van der Waals surface area contributed by atoms with Crippen LogP contribution in [-0.4, -0.2) is 28.7 Å². The van der Waals surface area contributed by atoms with Crippen LogP contribution in [0.3, 0.4) is 0 Å². The fourth-order valence-corrected chi connectivity index (χ4v) is 1.97. The molecule has 2 rings (SSSR count). The van der Waals surface area contributed by atoms with Crippen molar-refractivity contribution in [1.82, 2.24) is 15.5 Å². The molecule has 90 valence electrons. The summed E-state index contributed by atoms with van der Waals surface area (Å²) in [5, 5.41) is 21.3. The van der Waals surface area contributed by atoms with Gasteiger partial charge < -0.3 is 9.73 Å². The molecular formula is C9H10N4O3S. The van der Waals surface area contributed by atoms with Gasteiger partial charge in [0, 0.05) is 19.0 Å². The standard InChI is InChI=1S/C9H10N4O3S/c1-10-5-4-7-11-12-9(16-7)6-2-3-8(17-6)13(14)15/h2-3,10H,4-5H2,1H3. The van der Waals surface area contributed by atoms with Gasteiger partial charge in [0.2, 0.25) is 5.89 Å². The molecule has 0 aliphatic carbocycles. The highest BCUT2D eigenvalue weighted by Gasteiger charge is 2.15. The van der Waals surface area contributed by atoms with Gasteiger partial charge in [-0.05, 0) is 13.1 Å². The Kier molecular flexibility index (Phi) is 3.45. The van der Waals surface area contributed by atoms with Gasteiger partial charge in [-0.1, -0.05) is 11.3 Å². The van der Waals surface area contributed by atoms with Crippen molar-refractivity contribution in [2.45, 2.75) is 6.42 Å². The third-order valence-corrected chi connectivity index (χ3v) is 3.06. The number of likely N-dealkylation sites (N-methyl/N-ethyl adjacent to an activating group) is 1. The lowest BCUT2D eigenvalue weighted by atomic mass is 10.4. The second-order valence-electron chi connectivity index (χ2n) is 3.25. The van der Waals surface area contributed by atoms with Crippen LogP contribution in [0.1, 0.15) is 5.89 Å². The van der Waals surface area contributed by atoms with Crippen LogP contribution >= 0.6 is 11.3 Å². The van der Waals surface area contributed by atoms with Crippen LogP contribution in [0.2, 0.25) is 0 Å². The molecule has 0 radical (unpaired) electrons. The molecule has 0 aliphatic rings. The monoisotopic (exact) mass is 254 g/mol. The van der Waals surface area contributed by atoms with E-state index in [4.69, 9.17) is 4.42 Å². The van der Waals surface area contributed by atoms with Gasteiger partial charge >= 0.3 is 5.00 Å². The highest BCUT2D eigenvalue weighted by Crippen LogP contribution is 2.31. The maximum Gasteiger partial charge on any atom is 0.324 e. The first-order valence-corrected chi connectivity index (χ1v) is 5.74. The Hall–Kier alpha value is -1.80. The fraction of sp³-hybridized carbons (Fsp3) is 0.333. The minimum Gasteiger partial charge on any atom is -0.420 e. The summed E-state index contributed by atoms with van der Waals surface area (Å²) in [5.74, 6) is 0.847. The van der Waals surface area contributed by atoms with Gasteiger partial charge in [-0.3, -0.25) is 10.1 Å². The van der Waals surface area contributed by atoms with Crippen molar-refractivity contribution in [1.29, 1.82) is 0 Å². The Morgan fingerprint density at radius 3 is 3.00 bits per heavy atom. The van der Waals surface area contributed by atoms with E-state index in [0.29, 0.717) is 23.1 Å². The molecule has 0 fully saturated rings. The third-order valence-electron chi connectivity index (χ3n) is 2.04. The predicted octanol–water partition coefficient (Wildman–Crippen LogP) is 1.47. The average molecular weight is 254 g/mol. The summed E-state index contributed by atoms with van der Waals surface area (Å²) in [4.78, 5) is 10.7. The quantitative estimate of drug-likeness (QED) is 0.641. The Bertz CT molecular complexity index is 522. The van der Waals surface area contributed by atoms with Gasteiger partial charge in [0.1, 0.15) is 0 Å². The zero-order valence-corrected chi connectivity index (χ0v) is 9.86. The van der Waals surface area contributed by atoms with E-state index in [2.05, 4.69) is 15.5 Å².